The van der Waals surface area contributed by atoms with Crippen LogP contribution in [-0.2, 0) is 9.53 Å². The van der Waals surface area contributed by atoms with E-state index in [-0.39, 0.29) is 12.0 Å². The predicted molar refractivity (Wildman–Crippen MR) is 103 cm³/mol. The van der Waals surface area contributed by atoms with Crippen LogP contribution in [0.15, 0.2) is 65.0 Å². The number of benzene rings is 1. The third-order valence-corrected chi connectivity index (χ3v) is 4.86. The number of hydrogen-bond acceptors (Lipinski definition) is 5. The molecule has 0 aliphatic carbocycles. The van der Waals surface area contributed by atoms with Crippen molar-refractivity contribution in [3.63, 3.8) is 0 Å². The lowest BCUT2D eigenvalue weighted by atomic mass is 10.3. The first kappa shape index (κ1) is 18.8. The highest BCUT2D eigenvalue weighted by molar-refractivity contribution is 8.02. The molecule has 0 spiro atoms. The van der Waals surface area contributed by atoms with E-state index in [4.69, 9.17) is 21.1 Å². The van der Waals surface area contributed by atoms with Gasteiger partial charge < -0.3 is 14.4 Å². The largest absolute Gasteiger partial charge is 0.488 e. The van der Waals surface area contributed by atoms with E-state index >= 15 is 0 Å². The first-order valence-corrected chi connectivity index (χ1v) is 9.50. The maximum atomic E-state index is 12.4. The molecule has 2 heterocycles. The Morgan fingerprint density at radius 3 is 3.00 bits per heavy atom. The van der Waals surface area contributed by atoms with Crippen molar-refractivity contribution >= 4 is 29.3 Å². The van der Waals surface area contributed by atoms with Crippen molar-refractivity contribution in [2.24, 2.45) is 0 Å². The number of aromatic nitrogens is 1. The maximum absolute atomic E-state index is 12.4. The molecule has 2 aromatic rings. The molecular weight excluding hydrogens is 372 g/mol. The highest BCUT2D eigenvalue weighted by Crippen LogP contribution is 2.21. The molecule has 0 bridgehead atoms. The summed E-state index contributed by atoms with van der Waals surface area (Å²) in [6.45, 7) is 1.86. The lowest BCUT2D eigenvalue weighted by Gasteiger charge is -2.32. The van der Waals surface area contributed by atoms with Gasteiger partial charge in [-0.1, -0.05) is 41.6 Å². The van der Waals surface area contributed by atoms with Crippen molar-refractivity contribution in [2.45, 2.75) is 11.0 Å². The molecule has 1 amide bonds. The van der Waals surface area contributed by atoms with Crippen LogP contribution in [0.3, 0.4) is 0 Å². The summed E-state index contributed by atoms with van der Waals surface area (Å²) >= 11 is 7.49. The molecule has 1 aliphatic rings. The van der Waals surface area contributed by atoms with Gasteiger partial charge in [-0.25, -0.2) is 4.98 Å². The van der Waals surface area contributed by atoms with E-state index in [0.29, 0.717) is 37.2 Å². The quantitative estimate of drug-likeness (QED) is 0.428. The van der Waals surface area contributed by atoms with Gasteiger partial charge in [-0.15, -0.1) is 0 Å². The molecule has 1 unspecified atom stereocenters. The molecule has 0 saturated carbocycles. The fourth-order valence-electron chi connectivity index (χ4n) is 2.46. The second kappa shape index (κ2) is 9.62. The zero-order chi connectivity index (χ0) is 18.2. The van der Waals surface area contributed by atoms with Crippen molar-refractivity contribution in [1.82, 2.24) is 9.88 Å². The number of amides is 1. The van der Waals surface area contributed by atoms with Crippen LogP contribution in [0.2, 0.25) is 5.15 Å². The van der Waals surface area contributed by atoms with E-state index in [1.165, 1.54) is 11.8 Å². The lowest BCUT2D eigenvalue weighted by Crippen LogP contribution is -2.47. The van der Waals surface area contributed by atoms with Crippen molar-refractivity contribution in [1.29, 1.82) is 0 Å². The van der Waals surface area contributed by atoms with Crippen LogP contribution >= 0.6 is 23.4 Å². The molecular formula is C19H19ClN2O3S. The number of halogens is 1. The van der Waals surface area contributed by atoms with Gasteiger partial charge in [0.2, 0.25) is 5.91 Å². The number of thioether (sulfide) groups is 1. The Bertz CT molecular complexity index is 757. The molecule has 3 rings (SSSR count). The molecule has 136 valence electrons. The van der Waals surface area contributed by atoms with Gasteiger partial charge >= 0.3 is 0 Å². The molecule has 1 aromatic carbocycles. The van der Waals surface area contributed by atoms with E-state index in [0.717, 1.165) is 4.90 Å². The van der Waals surface area contributed by atoms with Crippen LogP contribution < -0.4 is 4.74 Å². The van der Waals surface area contributed by atoms with E-state index in [9.17, 15) is 4.79 Å². The Hall–Kier alpha value is -2.02. The van der Waals surface area contributed by atoms with Crippen molar-refractivity contribution in [3.8, 4) is 5.75 Å². The molecule has 7 heteroatoms. The third kappa shape index (κ3) is 5.49. The molecule has 5 nitrogen and oxygen atoms in total. The Labute approximate surface area is 162 Å². The number of carbonyl (C=O) groups excluding carboxylic acids is 1. The van der Waals surface area contributed by atoms with E-state index in [1.807, 2.05) is 35.7 Å². The number of morpholine rings is 1. The third-order valence-electron chi connectivity index (χ3n) is 3.76. The second-order valence-corrected chi connectivity index (χ2v) is 6.95. The van der Waals surface area contributed by atoms with E-state index < -0.39 is 0 Å². The summed E-state index contributed by atoms with van der Waals surface area (Å²) in [5, 5.41) is 2.13. The fourth-order valence-corrected chi connectivity index (χ4v) is 3.29. The number of carbonyl (C=O) groups is 1. The van der Waals surface area contributed by atoms with Gasteiger partial charge in [0.1, 0.15) is 12.7 Å². The second-order valence-electron chi connectivity index (χ2n) is 5.61. The lowest BCUT2D eigenvalue weighted by molar-refractivity contribution is -0.134. The molecule has 1 atom stereocenters. The Kier molecular flexibility index (Phi) is 6.94. The zero-order valence-electron chi connectivity index (χ0n) is 14.1. The van der Waals surface area contributed by atoms with Crippen LogP contribution in [0.25, 0.3) is 0 Å². The average molecular weight is 391 g/mol. The van der Waals surface area contributed by atoms with Gasteiger partial charge in [0, 0.05) is 23.7 Å². The molecule has 0 N–H and O–H groups in total. The monoisotopic (exact) mass is 390 g/mol. The minimum atomic E-state index is -0.195. The van der Waals surface area contributed by atoms with Crippen LogP contribution in [0.5, 0.6) is 5.75 Å². The first-order valence-electron chi connectivity index (χ1n) is 8.24. The summed E-state index contributed by atoms with van der Waals surface area (Å²) in [5.41, 5.74) is 0. The van der Waals surface area contributed by atoms with Crippen LogP contribution in [-0.4, -0.2) is 48.2 Å². The minimum absolute atomic E-state index is 0.0267. The number of rotatable bonds is 6. The van der Waals surface area contributed by atoms with Gasteiger partial charge in [-0.05, 0) is 29.7 Å². The van der Waals surface area contributed by atoms with Crippen molar-refractivity contribution in [3.05, 3.63) is 65.3 Å². The highest BCUT2D eigenvalue weighted by Gasteiger charge is 2.23. The van der Waals surface area contributed by atoms with Gasteiger partial charge in [-0.2, -0.15) is 0 Å². The summed E-state index contributed by atoms with van der Waals surface area (Å²) in [7, 11) is 0. The maximum Gasteiger partial charge on any atom is 0.247 e. The molecule has 1 aromatic heterocycles. The Morgan fingerprint density at radius 1 is 1.35 bits per heavy atom. The topological polar surface area (TPSA) is 51.7 Å². The molecule has 1 fully saturated rings. The highest BCUT2D eigenvalue weighted by atomic mass is 35.5. The van der Waals surface area contributed by atoms with Gasteiger partial charge in [0.05, 0.1) is 13.2 Å². The SMILES string of the molecule is O=C(/C=C/Sc1ccccc1)N1CCOC(COc2cccnc2Cl)C1. The number of ether oxygens (including phenoxy) is 2. The summed E-state index contributed by atoms with van der Waals surface area (Å²) in [6.07, 6.45) is 3.00. The van der Waals surface area contributed by atoms with Gasteiger partial charge in [-0.3, -0.25) is 4.79 Å². The Morgan fingerprint density at radius 2 is 2.19 bits per heavy atom. The van der Waals surface area contributed by atoms with E-state index in [1.54, 1.807) is 29.3 Å². The average Bonchev–Trinajstić information content (AvgIpc) is 2.68. The molecule has 26 heavy (non-hydrogen) atoms. The summed E-state index contributed by atoms with van der Waals surface area (Å²) in [5.74, 6) is 0.488. The van der Waals surface area contributed by atoms with Crippen molar-refractivity contribution in [2.75, 3.05) is 26.3 Å². The predicted octanol–water partition coefficient (Wildman–Crippen LogP) is 3.65. The fraction of sp³-hybridized carbons (Fsp3) is 0.263. The zero-order valence-corrected chi connectivity index (χ0v) is 15.7. The Balaban J connectivity index is 1.48. The van der Waals surface area contributed by atoms with Crippen LogP contribution in [0.1, 0.15) is 0 Å². The number of nitrogens with zero attached hydrogens (tertiary/aromatic N) is 2. The molecule has 0 radical (unpaired) electrons. The van der Waals surface area contributed by atoms with Gasteiger partial charge in [0.15, 0.2) is 10.9 Å². The van der Waals surface area contributed by atoms with Crippen molar-refractivity contribution < 1.29 is 14.3 Å². The molecule has 1 saturated heterocycles. The molecule has 1 aliphatic heterocycles. The summed E-state index contributed by atoms with van der Waals surface area (Å²) < 4.78 is 11.3. The van der Waals surface area contributed by atoms with Crippen LogP contribution in [0.4, 0.5) is 0 Å². The standard InChI is InChI=1S/C19H19ClN2O3S/c20-19-17(7-4-9-21-19)25-14-15-13-22(10-11-24-15)18(23)8-12-26-16-5-2-1-3-6-16/h1-9,12,15H,10-11,13-14H2/b12-8+. The summed E-state index contributed by atoms with van der Waals surface area (Å²) in [6, 6.07) is 13.4. The van der Waals surface area contributed by atoms with Crippen LogP contribution in [0, 0.1) is 0 Å². The van der Waals surface area contributed by atoms with E-state index in [2.05, 4.69) is 4.98 Å². The minimum Gasteiger partial charge on any atom is -0.488 e. The number of pyridine rings is 1. The first-order chi connectivity index (χ1) is 12.7. The number of hydrogen-bond donors (Lipinski definition) is 0. The van der Waals surface area contributed by atoms with Gasteiger partial charge in [0.25, 0.3) is 0 Å². The smallest absolute Gasteiger partial charge is 0.247 e. The summed E-state index contributed by atoms with van der Waals surface area (Å²) in [4.78, 5) is 19.2. The normalized spacial score (nSPS) is 17.4.